The van der Waals surface area contributed by atoms with Crippen molar-refractivity contribution in [2.75, 3.05) is 13.1 Å². The van der Waals surface area contributed by atoms with E-state index in [-0.39, 0.29) is 0 Å². The number of aromatic amines is 2. The number of aromatic nitrogens is 7. The number of H-pyrrole nitrogens is 2. The van der Waals surface area contributed by atoms with Crippen molar-refractivity contribution in [1.82, 2.24) is 40.0 Å². The zero-order valence-electron chi connectivity index (χ0n) is 20.4. The van der Waals surface area contributed by atoms with Gasteiger partial charge in [0.2, 0.25) is 0 Å². The van der Waals surface area contributed by atoms with E-state index < -0.39 is 0 Å². The molecular formula is C29H26N8. The molecule has 7 rings (SSSR count). The smallest absolute Gasteiger partial charge is 0.138 e. The van der Waals surface area contributed by atoms with E-state index in [0.717, 1.165) is 75.3 Å². The summed E-state index contributed by atoms with van der Waals surface area (Å²) in [6, 6.07) is 12.5. The summed E-state index contributed by atoms with van der Waals surface area (Å²) in [7, 11) is 0. The van der Waals surface area contributed by atoms with Crippen molar-refractivity contribution in [3.8, 4) is 33.8 Å². The first-order chi connectivity index (χ1) is 18.3. The number of likely N-dealkylation sites (tertiary alicyclic amines) is 1. The van der Waals surface area contributed by atoms with Crippen LogP contribution in [0.15, 0.2) is 73.6 Å². The molecular weight excluding hydrogens is 460 g/mol. The maximum atomic E-state index is 4.72. The number of piperidine rings is 1. The summed E-state index contributed by atoms with van der Waals surface area (Å²) in [4.78, 5) is 23.9. The van der Waals surface area contributed by atoms with Gasteiger partial charge >= 0.3 is 0 Å². The highest BCUT2D eigenvalue weighted by Crippen LogP contribution is 2.34. The van der Waals surface area contributed by atoms with Crippen LogP contribution < -0.4 is 0 Å². The Morgan fingerprint density at radius 2 is 1.68 bits per heavy atom. The summed E-state index contributed by atoms with van der Waals surface area (Å²) in [5, 5.41) is 9.82. The Morgan fingerprint density at radius 3 is 2.57 bits per heavy atom. The first kappa shape index (κ1) is 21.8. The molecule has 182 valence electrons. The Hall–Kier alpha value is -4.43. The molecule has 0 amide bonds. The zero-order chi connectivity index (χ0) is 24.6. The third kappa shape index (κ3) is 4.15. The van der Waals surface area contributed by atoms with Crippen LogP contribution in [-0.2, 0) is 6.54 Å². The fourth-order valence-corrected chi connectivity index (χ4v) is 5.31. The van der Waals surface area contributed by atoms with Gasteiger partial charge in [-0.3, -0.25) is 25.0 Å². The van der Waals surface area contributed by atoms with E-state index in [1.807, 2.05) is 43.0 Å². The molecule has 0 saturated carbocycles. The summed E-state index contributed by atoms with van der Waals surface area (Å²) in [6.07, 6.45) is 15.0. The maximum absolute atomic E-state index is 4.72. The van der Waals surface area contributed by atoms with Crippen LogP contribution in [0.25, 0.3) is 55.7 Å². The molecule has 8 nitrogen and oxygen atoms in total. The van der Waals surface area contributed by atoms with Gasteiger partial charge in [-0.2, -0.15) is 5.10 Å². The van der Waals surface area contributed by atoms with Crippen molar-refractivity contribution in [3.05, 3.63) is 79.1 Å². The molecule has 0 spiro atoms. The number of hydrogen-bond acceptors (Lipinski definition) is 6. The molecule has 37 heavy (non-hydrogen) atoms. The minimum Gasteiger partial charge on any atom is -0.338 e. The van der Waals surface area contributed by atoms with Gasteiger partial charge in [-0.15, -0.1) is 0 Å². The van der Waals surface area contributed by atoms with Crippen LogP contribution >= 0.6 is 0 Å². The van der Waals surface area contributed by atoms with Gasteiger partial charge in [-0.1, -0.05) is 6.42 Å². The molecule has 0 aromatic carbocycles. The number of nitrogens with one attached hydrogen (secondary N) is 2. The van der Waals surface area contributed by atoms with Gasteiger partial charge in [0.25, 0.3) is 0 Å². The van der Waals surface area contributed by atoms with Crippen molar-refractivity contribution in [2.24, 2.45) is 0 Å². The molecule has 1 aliphatic rings. The molecule has 0 bridgehead atoms. The van der Waals surface area contributed by atoms with Gasteiger partial charge in [-0.05, 0) is 79.0 Å². The standard InChI is InChI=1S/C29H26N8/c1-2-10-37(11-3-1)18-19-12-21(16-31-15-19)25-14-24-27(17-33-25)35-36-28(24)26-13-23-22(6-9-32-29(23)34-26)20-4-7-30-8-5-20/h4-9,12-17H,1-3,10-11,18H2,(H,32,34)(H,35,36). The average Bonchev–Trinajstić information content (AvgIpc) is 3.58. The summed E-state index contributed by atoms with van der Waals surface area (Å²) in [6.45, 7) is 3.26. The van der Waals surface area contributed by atoms with Crippen LogP contribution in [-0.4, -0.2) is 53.1 Å². The van der Waals surface area contributed by atoms with Crippen LogP contribution in [0.5, 0.6) is 0 Å². The normalized spacial score (nSPS) is 14.5. The third-order valence-corrected chi connectivity index (χ3v) is 7.17. The second kappa shape index (κ2) is 9.22. The molecule has 0 unspecified atom stereocenters. The van der Waals surface area contributed by atoms with Crippen molar-refractivity contribution >= 4 is 21.9 Å². The van der Waals surface area contributed by atoms with E-state index in [1.165, 1.54) is 24.8 Å². The van der Waals surface area contributed by atoms with E-state index in [4.69, 9.17) is 4.98 Å². The Bertz CT molecular complexity index is 1700. The SMILES string of the molecule is c1cc(-c2ccnc3[nH]c(-c4n[nH]c5cnc(-c6cncc(CN7CCCCC7)c6)cc45)cc23)ccn1. The lowest BCUT2D eigenvalue weighted by molar-refractivity contribution is 0.220. The number of nitrogens with zero attached hydrogens (tertiary/aromatic N) is 6. The molecule has 6 aromatic rings. The van der Waals surface area contributed by atoms with Crippen LogP contribution in [0.1, 0.15) is 24.8 Å². The van der Waals surface area contributed by atoms with Crippen LogP contribution in [0.4, 0.5) is 0 Å². The summed E-state index contributed by atoms with van der Waals surface area (Å²) < 4.78 is 0. The minimum atomic E-state index is 0.823. The van der Waals surface area contributed by atoms with E-state index >= 15 is 0 Å². The van der Waals surface area contributed by atoms with Crippen LogP contribution in [0.2, 0.25) is 0 Å². The van der Waals surface area contributed by atoms with Crippen LogP contribution in [0, 0.1) is 0 Å². The Balaban J connectivity index is 1.26. The first-order valence-corrected chi connectivity index (χ1v) is 12.7. The van der Waals surface area contributed by atoms with Gasteiger partial charge in [0, 0.05) is 53.9 Å². The number of pyridine rings is 4. The largest absolute Gasteiger partial charge is 0.338 e. The first-order valence-electron chi connectivity index (χ1n) is 12.7. The molecule has 0 aliphatic carbocycles. The molecule has 1 aliphatic heterocycles. The Labute approximate surface area is 213 Å². The highest BCUT2D eigenvalue weighted by Gasteiger charge is 2.16. The summed E-state index contributed by atoms with van der Waals surface area (Å²) in [5.41, 5.74) is 8.79. The van der Waals surface area contributed by atoms with Crippen LogP contribution in [0.3, 0.4) is 0 Å². The van der Waals surface area contributed by atoms with E-state index in [1.54, 1.807) is 12.4 Å². The number of hydrogen-bond donors (Lipinski definition) is 2. The lowest BCUT2D eigenvalue weighted by atomic mass is 10.0. The molecule has 8 heteroatoms. The minimum absolute atomic E-state index is 0.823. The highest BCUT2D eigenvalue weighted by molar-refractivity contribution is 6.00. The van der Waals surface area contributed by atoms with Crippen molar-refractivity contribution in [2.45, 2.75) is 25.8 Å². The second-order valence-corrected chi connectivity index (χ2v) is 9.65. The molecule has 2 N–H and O–H groups in total. The molecule has 7 heterocycles. The number of fused-ring (bicyclic) bond motifs is 2. The lowest BCUT2D eigenvalue weighted by Crippen LogP contribution is -2.29. The Morgan fingerprint density at radius 1 is 0.784 bits per heavy atom. The highest BCUT2D eigenvalue weighted by atomic mass is 15.1. The molecule has 6 aromatic heterocycles. The lowest BCUT2D eigenvalue weighted by Gasteiger charge is -2.26. The fourth-order valence-electron chi connectivity index (χ4n) is 5.31. The fraction of sp³-hybridized carbons (Fsp3) is 0.207. The summed E-state index contributed by atoms with van der Waals surface area (Å²) >= 11 is 0. The zero-order valence-corrected chi connectivity index (χ0v) is 20.4. The van der Waals surface area contributed by atoms with E-state index in [9.17, 15) is 0 Å². The maximum Gasteiger partial charge on any atom is 0.138 e. The van der Waals surface area contributed by atoms with E-state index in [0.29, 0.717) is 0 Å². The molecule has 1 fully saturated rings. The average molecular weight is 487 g/mol. The molecule has 0 radical (unpaired) electrons. The second-order valence-electron chi connectivity index (χ2n) is 9.65. The molecule has 1 saturated heterocycles. The van der Waals surface area contributed by atoms with Gasteiger partial charge < -0.3 is 4.98 Å². The molecule has 0 atom stereocenters. The summed E-state index contributed by atoms with van der Waals surface area (Å²) in [5.74, 6) is 0. The topological polar surface area (TPSA) is 99.3 Å². The van der Waals surface area contributed by atoms with Gasteiger partial charge in [0.05, 0.1) is 23.1 Å². The quantitative estimate of drug-likeness (QED) is 0.329. The van der Waals surface area contributed by atoms with Gasteiger partial charge in [-0.25, -0.2) is 4.98 Å². The monoisotopic (exact) mass is 486 g/mol. The number of rotatable bonds is 5. The van der Waals surface area contributed by atoms with E-state index in [2.05, 4.69) is 53.2 Å². The van der Waals surface area contributed by atoms with Gasteiger partial charge in [0.1, 0.15) is 11.3 Å². The predicted molar refractivity (Wildman–Crippen MR) is 145 cm³/mol. The van der Waals surface area contributed by atoms with Gasteiger partial charge in [0.15, 0.2) is 0 Å². The Kier molecular flexibility index (Phi) is 5.44. The van der Waals surface area contributed by atoms with Crippen molar-refractivity contribution < 1.29 is 0 Å². The van der Waals surface area contributed by atoms with Crippen molar-refractivity contribution in [3.63, 3.8) is 0 Å². The predicted octanol–water partition coefficient (Wildman–Crippen LogP) is 5.61. The van der Waals surface area contributed by atoms with Crippen molar-refractivity contribution in [1.29, 1.82) is 0 Å². The third-order valence-electron chi connectivity index (χ3n) is 7.17.